The van der Waals surface area contributed by atoms with Crippen molar-refractivity contribution in [3.8, 4) is 11.5 Å². The van der Waals surface area contributed by atoms with Crippen LogP contribution < -0.4 is 14.8 Å². The summed E-state index contributed by atoms with van der Waals surface area (Å²) in [5.41, 5.74) is 0.574. The highest BCUT2D eigenvalue weighted by molar-refractivity contribution is 5.96. The van der Waals surface area contributed by atoms with Crippen molar-refractivity contribution in [2.75, 3.05) is 19.5 Å². The average molecular weight is 343 g/mol. The molecule has 6 heteroatoms. The van der Waals surface area contributed by atoms with E-state index in [-0.39, 0.29) is 17.7 Å². The summed E-state index contributed by atoms with van der Waals surface area (Å²) in [6, 6.07) is 5.13. The van der Waals surface area contributed by atoms with Gasteiger partial charge in [0.1, 0.15) is 0 Å². The highest BCUT2D eigenvalue weighted by Crippen LogP contribution is 2.63. The van der Waals surface area contributed by atoms with Crippen LogP contribution in [0.5, 0.6) is 11.5 Å². The van der Waals surface area contributed by atoms with E-state index >= 15 is 0 Å². The third-order valence-electron chi connectivity index (χ3n) is 5.89. The second kappa shape index (κ2) is 5.79. The molecule has 0 saturated heterocycles. The molecule has 6 nitrogen and oxygen atoms in total. The fourth-order valence-electron chi connectivity index (χ4n) is 4.71. The summed E-state index contributed by atoms with van der Waals surface area (Å²) in [4.78, 5) is 24.7. The van der Waals surface area contributed by atoms with Gasteiger partial charge in [-0.15, -0.1) is 0 Å². The standard InChI is InChI=1S/C19H21NO5/c1-24-14-6-3-9(7-15(14)25-2)20-18(21)16-10-4-5-11(13-8-12(10)13)17(16)19(22)23/h3-7,10-13,16-17H,8H2,1-2H3,(H,20,21)(H,22,23). The summed E-state index contributed by atoms with van der Waals surface area (Å²) in [5.74, 6) is -0.269. The first-order valence-corrected chi connectivity index (χ1v) is 8.49. The van der Waals surface area contributed by atoms with Gasteiger partial charge >= 0.3 is 5.97 Å². The van der Waals surface area contributed by atoms with Gasteiger partial charge in [-0.05, 0) is 42.2 Å². The van der Waals surface area contributed by atoms with Gasteiger partial charge in [-0.2, -0.15) is 0 Å². The molecule has 0 radical (unpaired) electrons. The molecule has 132 valence electrons. The van der Waals surface area contributed by atoms with Gasteiger partial charge in [0.25, 0.3) is 0 Å². The van der Waals surface area contributed by atoms with Crippen molar-refractivity contribution in [2.45, 2.75) is 6.42 Å². The van der Waals surface area contributed by atoms with Crippen molar-refractivity contribution in [3.63, 3.8) is 0 Å². The zero-order valence-electron chi connectivity index (χ0n) is 14.1. The minimum atomic E-state index is -0.878. The van der Waals surface area contributed by atoms with Crippen LogP contribution in [0.2, 0.25) is 0 Å². The summed E-state index contributed by atoms with van der Waals surface area (Å²) >= 11 is 0. The molecule has 4 aliphatic rings. The Kier molecular flexibility index (Phi) is 3.71. The lowest BCUT2D eigenvalue weighted by Crippen LogP contribution is -2.48. The maximum Gasteiger partial charge on any atom is 0.307 e. The molecule has 0 aliphatic heterocycles. The third kappa shape index (κ3) is 2.47. The number of hydrogen-bond donors (Lipinski definition) is 2. The summed E-state index contributed by atoms with van der Waals surface area (Å²) in [6.45, 7) is 0. The van der Waals surface area contributed by atoms with Gasteiger partial charge in [0.2, 0.25) is 5.91 Å². The molecular formula is C19H21NO5. The van der Waals surface area contributed by atoms with Crippen molar-refractivity contribution in [3.05, 3.63) is 30.4 Å². The number of anilines is 1. The topological polar surface area (TPSA) is 84.9 Å². The van der Waals surface area contributed by atoms with Gasteiger partial charge in [-0.25, -0.2) is 0 Å². The van der Waals surface area contributed by atoms with Crippen LogP contribution in [0.25, 0.3) is 0 Å². The van der Waals surface area contributed by atoms with Crippen LogP contribution >= 0.6 is 0 Å². The zero-order valence-corrected chi connectivity index (χ0v) is 14.1. The number of aliphatic carboxylic acids is 1. The molecule has 1 amide bonds. The predicted octanol–water partition coefficient (Wildman–Crippen LogP) is 2.41. The van der Waals surface area contributed by atoms with E-state index in [0.29, 0.717) is 29.0 Å². The van der Waals surface area contributed by atoms with E-state index in [1.54, 1.807) is 25.3 Å². The van der Waals surface area contributed by atoms with Crippen LogP contribution in [0.15, 0.2) is 30.4 Å². The number of carboxylic acids is 1. The van der Waals surface area contributed by atoms with Gasteiger partial charge in [-0.3, -0.25) is 9.59 Å². The molecule has 6 atom stereocenters. The first kappa shape index (κ1) is 16.0. The lowest BCUT2D eigenvalue weighted by Gasteiger charge is -2.41. The molecule has 2 N–H and O–H groups in total. The molecule has 5 rings (SSSR count). The van der Waals surface area contributed by atoms with Gasteiger partial charge in [0.05, 0.1) is 26.1 Å². The Morgan fingerprint density at radius 3 is 2.28 bits per heavy atom. The number of rotatable bonds is 5. The van der Waals surface area contributed by atoms with E-state index in [0.717, 1.165) is 6.42 Å². The molecule has 2 saturated carbocycles. The van der Waals surface area contributed by atoms with Gasteiger partial charge in [0, 0.05) is 11.8 Å². The number of carbonyl (C=O) groups excluding carboxylic acids is 1. The fourth-order valence-corrected chi connectivity index (χ4v) is 4.71. The number of allylic oxidation sites excluding steroid dienone is 2. The molecule has 25 heavy (non-hydrogen) atoms. The predicted molar refractivity (Wildman–Crippen MR) is 90.5 cm³/mol. The summed E-state index contributed by atoms with van der Waals surface area (Å²) in [6.07, 6.45) is 5.10. The Morgan fingerprint density at radius 1 is 1.04 bits per heavy atom. The Hall–Kier alpha value is -2.50. The van der Waals surface area contributed by atoms with Crippen LogP contribution in [0.1, 0.15) is 6.42 Å². The van der Waals surface area contributed by atoms with Gasteiger partial charge in [0.15, 0.2) is 11.5 Å². The third-order valence-corrected chi connectivity index (χ3v) is 5.89. The van der Waals surface area contributed by atoms with Crippen molar-refractivity contribution in [2.24, 2.45) is 35.5 Å². The number of fused-ring (bicyclic) bond motifs is 1. The zero-order chi connectivity index (χ0) is 17.7. The number of ether oxygens (including phenoxy) is 2. The highest BCUT2D eigenvalue weighted by Gasteiger charge is 2.62. The highest BCUT2D eigenvalue weighted by atomic mass is 16.5. The number of carbonyl (C=O) groups is 2. The number of nitrogens with one attached hydrogen (secondary N) is 1. The summed E-state index contributed by atoms with van der Waals surface area (Å²) < 4.78 is 10.5. The van der Waals surface area contributed by atoms with E-state index in [1.165, 1.54) is 7.11 Å². The lowest BCUT2D eigenvalue weighted by atomic mass is 9.62. The van der Waals surface area contributed by atoms with Gasteiger partial charge < -0.3 is 19.9 Å². The van der Waals surface area contributed by atoms with Crippen LogP contribution in [0, 0.1) is 35.5 Å². The molecule has 0 aromatic heterocycles. The number of amides is 1. The van der Waals surface area contributed by atoms with Crippen LogP contribution in [0.4, 0.5) is 5.69 Å². The average Bonchev–Trinajstić information content (AvgIpc) is 3.43. The monoisotopic (exact) mass is 343 g/mol. The number of methoxy groups -OCH3 is 2. The molecule has 0 spiro atoms. The first-order chi connectivity index (χ1) is 12.0. The first-order valence-electron chi connectivity index (χ1n) is 8.49. The SMILES string of the molecule is COc1ccc(NC(=O)C2C3C=CC(C4CC34)C2C(=O)O)cc1OC. The van der Waals surface area contributed by atoms with Crippen molar-refractivity contribution < 1.29 is 24.2 Å². The number of hydrogen-bond acceptors (Lipinski definition) is 4. The van der Waals surface area contributed by atoms with E-state index in [4.69, 9.17) is 9.47 Å². The van der Waals surface area contributed by atoms with Crippen molar-refractivity contribution in [1.29, 1.82) is 0 Å². The Bertz CT molecular complexity index is 758. The van der Waals surface area contributed by atoms with Gasteiger partial charge in [-0.1, -0.05) is 12.2 Å². The second-order valence-corrected chi connectivity index (χ2v) is 7.05. The summed E-state index contributed by atoms with van der Waals surface area (Å²) in [5, 5.41) is 12.6. The van der Waals surface area contributed by atoms with E-state index in [9.17, 15) is 14.7 Å². The van der Waals surface area contributed by atoms with E-state index < -0.39 is 17.8 Å². The second-order valence-electron chi connectivity index (χ2n) is 7.05. The maximum atomic E-state index is 12.9. The number of carboxylic acid groups (broad SMARTS) is 1. The molecule has 1 aromatic rings. The van der Waals surface area contributed by atoms with Crippen molar-refractivity contribution >= 4 is 17.6 Å². The maximum absolute atomic E-state index is 12.9. The smallest absolute Gasteiger partial charge is 0.307 e. The fraction of sp³-hybridized carbons (Fsp3) is 0.474. The Labute approximate surface area is 145 Å². The molecule has 2 bridgehead atoms. The number of benzene rings is 1. The Balaban J connectivity index is 1.58. The summed E-state index contributed by atoms with van der Waals surface area (Å²) in [7, 11) is 3.08. The largest absolute Gasteiger partial charge is 0.493 e. The van der Waals surface area contributed by atoms with Crippen LogP contribution in [-0.2, 0) is 9.59 Å². The van der Waals surface area contributed by atoms with Crippen LogP contribution in [-0.4, -0.2) is 31.2 Å². The van der Waals surface area contributed by atoms with Crippen molar-refractivity contribution in [1.82, 2.24) is 0 Å². The van der Waals surface area contributed by atoms with Crippen LogP contribution in [0.3, 0.4) is 0 Å². The molecule has 2 fully saturated rings. The molecular weight excluding hydrogens is 322 g/mol. The van der Waals surface area contributed by atoms with E-state index in [1.807, 2.05) is 6.08 Å². The van der Waals surface area contributed by atoms with E-state index in [2.05, 4.69) is 11.4 Å². The molecule has 1 aromatic carbocycles. The minimum absolute atomic E-state index is 0.0198. The normalized spacial score (nSPS) is 34.2. The minimum Gasteiger partial charge on any atom is -0.493 e. The molecule has 0 heterocycles. The quantitative estimate of drug-likeness (QED) is 0.802. The Morgan fingerprint density at radius 2 is 1.68 bits per heavy atom. The molecule has 4 aliphatic carbocycles. The lowest BCUT2D eigenvalue weighted by molar-refractivity contribution is -0.152. The molecule has 6 unspecified atom stereocenters.